The molecule has 2 rings (SSSR count). The van der Waals surface area contributed by atoms with Crippen LogP contribution in [0.4, 0.5) is 17.6 Å². The second-order valence-corrected chi connectivity index (χ2v) is 5.26. The molecule has 0 N–H and O–H groups in total. The standard InChI is InChI=1S/C11H3BrCl2F4N2/c12-4-1-2-5(6(3-4)11(16,17)18)10-19-8(13)7(15)9(14)20-10/h1-3H. The molecule has 1 aromatic carbocycles. The molecule has 0 atom stereocenters. The van der Waals surface area contributed by atoms with E-state index in [0.717, 1.165) is 12.1 Å². The van der Waals surface area contributed by atoms with Crippen molar-refractivity contribution in [2.24, 2.45) is 0 Å². The minimum Gasteiger partial charge on any atom is -0.213 e. The summed E-state index contributed by atoms with van der Waals surface area (Å²) in [7, 11) is 0. The Morgan fingerprint density at radius 2 is 1.60 bits per heavy atom. The summed E-state index contributed by atoms with van der Waals surface area (Å²) in [6.07, 6.45) is -4.63. The zero-order valence-corrected chi connectivity index (χ0v) is 12.4. The highest BCUT2D eigenvalue weighted by atomic mass is 79.9. The van der Waals surface area contributed by atoms with Crippen molar-refractivity contribution in [3.05, 3.63) is 44.4 Å². The molecule has 20 heavy (non-hydrogen) atoms. The highest BCUT2D eigenvalue weighted by molar-refractivity contribution is 9.10. The number of hydrogen-bond donors (Lipinski definition) is 0. The van der Waals surface area contributed by atoms with Gasteiger partial charge in [0.1, 0.15) is 0 Å². The van der Waals surface area contributed by atoms with Crippen molar-refractivity contribution in [2.45, 2.75) is 6.18 Å². The highest BCUT2D eigenvalue weighted by Gasteiger charge is 2.35. The molecule has 0 saturated heterocycles. The summed E-state index contributed by atoms with van der Waals surface area (Å²) in [6, 6.07) is 3.38. The van der Waals surface area contributed by atoms with Crippen molar-refractivity contribution in [2.75, 3.05) is 0 Å². The van der Waals surface area contributed by atoms with Gasteiger partial charge in [-0.2, -0.15) is 13.2 Å². The molecule has 1 heterocycles. The SMILES string of the molecule is Fc1c(Cl)nc(-c2ccc(Br)cc2C(F)(F)F)nc1Cl. The third-order valence-electron chi connectivity index (χ3n) is 2.30. The number of halogens is 7. The van der Waals surface area contributed by atoms with Crippen LogP contribution < -0.4 is 0 Å². The zero-order valence-electron chi connectivity index (χ0n) is 9.27. The first-order valence-corrected chi connectivity index (χ1v) is 6.50. The van der Waals surface area contributed by atoms with Crippen LogP contribution >= 0.6 is 39.1 Å². The van der Waals surface area contributed by atoms with Crippen LogP contribution in [0.5, 0.6) is 0 Å². The molecule has 1 aromatic heterocycles. The van der Waals surface area contributed by atoms with Crippen LogP contribution in [0, 0.1) is 5.82 Å². The number of nitrogens with zero attached hydrogens (tertiary/aromatic N) is 2. The van der Waals surface area contributed by atoms with Crippen LogP contribution in [0.3, 0.4) is 0 Å². The average Bonchev–Trinajstić information content (AvgIpc) is 2.34. The van der Waals surface area contributed by atoms with Crippen LogP contribution in [0.25, 0.3) is 11.4 Å². The molecule has 0 amide bonds. The molecule has 0 aliphatic heterocycles. The molecule has 0 bridgehead atoms. The van der Waals surface area contributed by atoms with Gasteiger partial charge in [-0.15, -0.1) is 0 Å². The fraction of sp³-hybridized carbons (Fsp3) is 0.0909. The number of hydrogen-bond acceptors (Lipinski definition) is 2. The van der Waals surface area contributed by atoms with Crippen molar-refractivity contribution in [1.82, 2.24) is 9.97 Å². The van der Waals surface area contributed by atoms with E-state index in [1.807, 2.05) is 0 Å². The molecule has 0 radical (unpaired) electrons. The van der Waals surface area contributed by atoms with Gasteiger partial charge in [-0.1, -0.05) is 39.1 Å². The topological polar surface area (TPSA) is 25.8 Å². The van der Waals surface area contributed by atoms with Gasteiger partial charge in [-0.25, -0.2) is 14.4 Å². The van der Waals surface area contributed by atoms with Gasteiger partial charge in [0.2, 0.25) is 0 Å². The van der Waals surface area contributed by atoms with Crippen LogP contribution in [0.15, 0.2) is 22.7 Å². The molecule has 0 unspecified atom stereocenters. The normalized spacial score (nSPS) is 11.8. The quantitative estimate of drug-likeness (QED) is 0.484. The summed E-state index contributed by atoms with van der Waals surface area (Å²) >= 11 is 13.9. The first-order chi connectivity index (χ1) is 9.20. The van der Waals surface area contributed by atoms with Crippen LogP contribution in [-0.2, 0) is 6.18 Å². The lowest BCUT2D eigenvalue weighted by molar-refractivity contribution is -0.137. The second-order valence-electron chi connectivity index (χ2n) is 3.63. The number of benzene rings is 1. The van der Waals surface area contributed by atoms with E-state index >= 15 is 0 Å². The Morgan fingerprint density at radius 1 is 1.05 bits per heavy atom. The third-order valence-corrected chi connectivity index (χ3v) is 3.29. The van der Waals surface area contributed by atoms with E-state index in [4.69, 9.17) is 23.2 Å². The van der Waals surface area contributed by atoms with E-state index < -0.39 is 33.7 Å². The lowest BCUT2D eigenvalue weighted by Gasteiger charge is -2.12. The molecular weight excluding hydrogens is 387 g/mol. The summed E-state index contributed by atoms with van der Waals surface area (Å²) in [5.74, 6) is -1.48. The minimum atomic E-state index is -4.63. The maximum absolute atomic E-state index is 13.2. The van der Waals surface area contributed by atoms with Gasteiger partial charge in [-0.05, 0) is 18.2 Å². The van der Waals surface area contributed by atoms with Crippen LogP contribution in [0.1, 0.15) is 5.56 Å². The van der Waals surface area contributed by atoms with Gasteiger partial charge >= 0.3 is 6.18 Å². The molecule has 0 spiro atoms. The van der Waals surface area contributed by atoms with E-state index in [2.05, 4.69) is 25.9 Å². The molecule has 106 valence electrons. The zero-order chi connectivity index (χ0) is 15.1. The summed E-state index contributed by atoms with van der Waals surface area (Å²) in [5.41, 5.74) is -1.32. The maximum atomic E-state index is 13.2. The summed E-state index contributed by atoms with van der Waals surface area (Å²) in [4.78, 5) is 6.97. The Labute approximate surface area is 128 Å². The van der Waals surface area contributed by atoms with E-state index in [-0.39, 0.29) is 10.0 Å². The molecular formula is C11H3BrCl2F4N2. The van der Waals surface area contributed by atoms with Crippen molar-refractivity contribution in [1.29, 1.82) is 0 Å². The number of rotatable bonds is 1. The van der Waals surface area contributed by atoms with Crippen LogP contribution in [-0.4, -0.2) is 9.97 Å². The van der Waals surface area contributed by atoms with Gasteiger partial charge in [0.05, 0.1) is 5.56 Å². The van der Waals surface area contributed by atoms with Gasteiger partial charge < -0.3 is 0 Å². The Morgan fingerprint density at radius 3 is 2.10 bits per heavy atom. The van der Waals surface area contributed by atoms with Gasteiger partial charge in [0.25, 0.3) is 0 Å². The molecule has 0 saturated carbocycles. The molecule has 2 nitrogen and oxygen atoms in total. The fourth-order valence-electron chi connectivity index (χ4n) is 1.46. The van der Waals surface area contributed by atoms with Crippen molar-refractivity contribution in [3.63, 3.8) is 0 Å². The molecule has 9 heteroatoms. The Bertz CT molecular complexity index is 653. The van der Waals surface area contributed by atoms with E-state index in [9.17, 15) is 17.6 Å². The minimum absolute atomic E-state index is 0.230. The molecule has 0 aliphatic carbocycles. The van der Waals surface area contributed by atoms with Crippen molar-refractivity contribution < 1.29 is 17.6 Å². The largest absolute Gasteiger partial charge is 0.417 e. The molecule has 2 aromatic rings. The first-order valence-electron chi connectivity index (χ1n) is 4.96. The summed E-state index contributed by atoms with van der Waals surface area (Å²) < 4.78 is 52.4. The summed E-state index contributed by atoms with van der Waals surface area (Å²) in [5, 5.41) is -1.29. The van der Waals surface area contributed by atoms with Crippen LogP contribution in [0.2, 0.25) is 10.3 Å². The molecule has 0 aliphatic rings. The van der Waals surface area contributed by atoms with Crippen molar-refractivity contribution >= 4 is 39.1 Å². The number of alkyl halides is 3. The fourth-order valence-corrected chi connectivity index (χ4v) is 2.21. The van der Waals surface area contributed by atoms with Gasteiger partial charge in [0, 0.05) is 10.0 Å². The highest BCUT2D eigenvalue weighted by Crippen LogP contribution is 2.38. The van der Waals surface area contributed by atoms with Gasteiger partial charge in [-0.3, -0.25) is 0 Å². The van der Waals surface area contributed by atoms with Gasteiger partial charge in [0.15, 0.2) is 21.9 Å². The number of aromatic nitrogens is 2. The van der Waals surface area contributed by atoms with E-state index in [0.29, 0.717) is 0 Å². The predicted octanol–water partition coefficient (Wildman–Crippen LogP) is 5.37. The summed E-state index contributed by atoms with van der Waals surface area (Å²) in [6.45, 7) is 0. The predicted molar refractivity (Wildman–Crippen MR) is 70.1 cm³/mol. The average molecular weight is 390 g/mol. The third kappa shape index (κ3) is 3.05. The lowest BCUT2D eigenvalue weighted by atomic mass is 10.1. The van der Waals surface area contributed by atoms with Crippen molar-refractivity contribution in [3.8, 4) is 11.4 Å². The Balaban J connectivity index is 2.70. The monoisotopic (exact) mass is 388 g/mol. The van der Waals surface area contributed by atoms with E-state index in [1.54, 1.807) is 0 Å². The smallest absolute Gasteiger partial charge is 0.213 e. The maximum Gasteiger partial charge on any atom is 0.417 e. The second kappa shape index (κ2) is 5.46. The Hall–Kier alpha value is -0.920. The van der Waals surface area contributed by atoms with E-state index in [1.165, 1.54) is 6.07 Å². The molecule has 0 fully saturated rings. The Kier molecular flexibility index (Phi) is 4.22. The lowest BCUT2D eigenvalue weighted by Crippen LogP contribution is -2.08. The first kappa shape index (κ1) is 15.5.